The topological polar surface area (TPSA) is 83.8 Å². The standard InChI is InChI=1S/C3H5ClO5S/c4-1-2(5)9-3(1)10(6,7)8/h1-3,5H,(H,6,7,8). The van der Waals surface area contributed by atoms with Crippen LogP contribution in [0.2, 0.25) is 0 Å². The van der Waals surface area contributed by atoms with Crippen molar-refractivity contribution in [3.8, 4) is 0 Å². The van der Waals surface area contributed by atoms with Crippen LogP contribution in [0.3, 0.4) is 0 Å². The molecule has 0 aliphatic carbocycles. The van der Waals surface area contributed by atoms with Gasteiger partial charge >= 0.3 is 0 Å². The van der Waals surface area contributed by atoms with Gasteiger partial charge < -0.3 is 9.84 Å². The second-order valence-corrected chi connectivity index (χ2v) is 3.85. The van der Waals surface area contributed by atoms with Gasteiger partial charge in [0.05, 0.1) is 0 Å². The molecule has 1 heterocycles. The van der Waals surface area contributed by atoms with E-state index in [2.05, 4.69) is 4.74 Å². The highest BCUT2D eigenvalue weighted by Crippen LogP contribution is 2.28. The number of halogens is 1. The van der Waals surface area contributed by atoms with Gasteiger partial charge in [0.15, 0.2) is 6.29 Å². The van der Waals surface area contributed by atoms with Crippen LogP contribution in [-0.4, -0.2) is 35.2 Å². The maximum absolute atomic E-state index is 10.2. The van der Waals surface area contributed by atoms with Crippen LogP contribution in [-0.2, 0) is 14.9 Å². The Morgan fingerprint density at radius 1 is 1.50 bits per heavy atom. The van der Waals surface area contributed by atoms with Crippen molar-refractivity contribution in [1.82, 2.24) is 0 Å². The molecule has 0 bridgehead atoms. The molecule has 2 N–H and O–H groups in total. The fourth-order valence-electron chi connectivity index (χ4n) is 0.567. The van der Waals surface area contributed by atoms with Gasteiger partial charge in [-0.05, 0) is 0 Å². The lowest BCUT2D eigenvalue weighted by Crippen LogP contribution is -2.54. The first-order valence-corrected chi connectivity index (χ1v) is 4.31. The number of rotatable bonds is 1. The van der Waals surface area contributed by atoms with Crippen molar-refractivity contribution in [3.63, 3.8) is 0 Å². The average Bonchev–Trinajstić information content (AvgIpc) is 1.79. The molecule has 10 heavy (non-hydrogen) atoms. The molecule has 3 atom stereocenters. The highest BCUT2D eigenvalue weighted by Gasteiger charge is 2.48. The van der Waals surface area contributed by atoms with Crippen molar-refractivity contribution in [3.05, 3.63) is 0 Å². The van der Waals surface area contributed by atoms with E-state index in [1.54, 1.807) is 0 Å². The van der Waals surface area contributed by atoms with Gasteiger partial charge in [0.1, 0.15) is 5.38 Å². The second-order valence-electron chi connectivity index (χ2n) is 1.85. The molecule has 1 aliphatic rings. The minimum absolute atomic E-state index is 1.07. The largest absolute Gasteiger partial charge is 0.367 e. The van der Waals surface area contributed by atoms with Crippen molar-refractivity contribution in [2.24, 2.45) is 0 Å². The van der Waals surface area contributed by atoms with Gasteiger partial charge in [0.25, 0.3) is 10.1 Å². The SMILES string of the molecule is O=S(=O)(O)C1OC(O)C1Cl. The predicted molar refractivity (Wildman–Crippen MR) is 32.1 cm³/mol. The molecule has 3 unspecified atom stereocenters. The van der Waals surface area contributed by atoms with Crippen LogP contribution >= 0.6 is 11.6 Å². The Balaban J connectivity index is 2.65. The van der Waals surface area contributed by atoms with Gasteiger partial charge in [-0.2, -0.15) is 8.42 Å². The fraction of sp³-hybridized carbons (Fsp3) is 1.00. The molecule has 7 heteroatoms. The Kier molecular flexibility index (Phi) is 1.90. The van der Waals surface area contributed by atoms with Gasteiger partial charge in [0.2, 0.25) is 5.44 Å². The molecule has 1 saturated heterocycles. The monoisotopic (exact) mass is 188 g/mol. The third-order valence-corrected chi connectivity index (χ3v) is 2.68. The smallest absolute Gasteiger partial charge is 0.294 e. The first kappa shape index (κ1) is 8.22. The summed E-state index contributed by atoms with van der Waals surface area (Å²) in [6.45, 7) is 0. The first-order valence-electron chi connectivity index (χ1n) is 2.37. The minimum Gasteiger partial charge on any atom is -0.367 e. The van der Waals surface area contributed by atoms with Crippen LogP contribution in [0.25, 0.3) is 0 Å². The Labute approximate surface area is 62.3 Å². The zero-order chi connectivity index (χ0) is 7.94. The molecule has 5 nitrogen and oxygen atoms in total. The van der Waals surface area contributed by atoms with Crippen molar-refractivity contribution in [2.45, 2.75) is 17.1 Å². The van der Waals surface area contributed by atoms with Gasteiger partial charge in [-0.15, -0.1) is 11.6 Å². The summed E-state index contributed by atoms with van der Waals surface area (Å²) in [6, 6.07) is 0. The molecule has 0 radical (unpaired) electrons. The molecule has 0 saturated carbocycles. The second kappa shape index (κ2) is 2.31. The summed E-state index contributed by atoms with van der Waals surface area (Å²) in [5.41, 5.74) is -1.48. The van der Waals surface area contributed by atoms with E-state index in [1.165, 1.54) is 0 Å². The first-order chi connectivity index (χ1) is 4.43. The van der Waals surface area contributed by atoms with Crippen LogP contribution < -0.4 is 0 Å². The number of hydrogen-bond acceptors (Lipinski definition) is 4. The van der Waals surface area contributed by atoms with E-state index in [4.69, 9.17) is 21.3 Å². The van der Waals surface area contributed by atoms with E-state index in [-0.39, 0.29) is 0 Å². The number of ether oxygens (including phenoxy) is 1. The highest BCUT2D eigenvalue weighted by molar-refractivity contribution is 7.86. The fourth-order valence-corrected chi connectivity index (χ4v) is 1.79. The molecule has 1 fully saturated rings. The molecule has 1 rings (SSSR count). The van der Waals surface area contributed by atoms with Gasteiger partial charge in [0, 0.05) is 0 Å². The van der Waals surface area contributed by atoms with Crippen molar-refractivity contribution >= 4 is 21.7 Å². The lowest BCUT2D eigenvalue weighted by atomic mass is 10.3. The highest BCUT2D eigenvalue weighted by atomic mass is 35.5. The van der Waals surface area contributed by atoms with Crippen LogP contribution in [0.5, 0.6) is 0 Å². The maximum atomic E-state index is 10.2. The van der Waals surface area contributed by atoms with Crippen molar-refractivity contribution in [1.29, 1.82) is 0 Å². The lowest BCUT2D eigenvalue weighted by molar-refractivity contribution is -0.197. The summed E-state index contributed by atoms with van der Waals surface area (Å²) in [6.07, 6.45) is -1.30. The Bertz CT molecular complexity index is 223. The van der Waals surface area contributed by atoms with E-state index < -0.39 is 27.2 Å². The van der Waals surface area contributed by atoms with E-state index >= 15 is 0 Å². The maximum Gasteiger partial charge on any atom is 0.294 e. The summed E-state index contributed by atoms with van der Waals surface area (Å²) >= 11 is 5.24. The normalized spacial score (nSPS) is 40.9. The number of hydrogen-bond donors (Lipinski definition) is 2. The van der Waals surface area contributed by atoms with Crippen LogP contribution in [0.4, 0.5) is 0 Å². The molecule has 0 aromatic carbocycles. The summed E-state index contributed by atoms with van der Waals surface area (Å²) < 4.78 is 32.9. The number of alkyl halides is 1. The molecular formula is C3H5ClO5S. The summed E-state index contributed by atoms with van der Waals surface area (Å²) in [5, 5.41) is 7.45. The predicted octanol–water partition coefficient (Wildman–Crippen LogP) is -0.844. The quantitative estimate of drug-likeness (QED) is 0.414. The van der Waals surface area contributed by atoms with Gasteiger partial charge in [-0.1, -0.05) is 0 Å². The zero-order valence-corrected chi connectivity index (χ0v) is 6.21. The van der Waals surface area contributed by atoms with Crippen LogP contribution in [0, 0.1) is 0 Å². The Morgan fingerprint density at radius 3 is 2.10 bits per heavy atom. The molecule has 1 aliphatic heterocycles. The molecule has 0 spiro atoms. The van der Waals surface area contributed by atoms with Crippen molar-refractivity contribution < 1.29 is 22.8 Å². The molecule has 0 amide bonds. The molecule has 0 aromatic heterocycles. The van der Waals surface area contributed by atoms with E-state index in [1.807, 2.05) is 0 Å². The average molecular weight is 189 g/mol. The zero-order valence-electron chi connectivity index (χ0n) is 4.64. The van der Waals surface area contributed by atoms with Crippen LogP contribution in [0.1, 0.15) is 0 Å². The van der Waals surface area contributed by atoms with E-state index in [9.17, 15) is 8.42 Å². The number of aliphatic hydroxyl groups is 1. The Hall–Kier alpha value is 0.120. The summed E-state index contributed by atoms with van der Waals surface area (Å²) in [5.74, 6) is 0. The summed E-state index contributed by atoms with van der Waals surface area (Å²) in [4.78, 5) is 0. The van der Waals surface area contributed by atoms with Gasteiger partial charge in [-0.25, -0.2) is 0 Å². The molecule has 0 aromatic rings. The minimum atomic E-state index is -4.26. The van der Waals surface area contributed by atoms with Crippen molar-refractivity contribution in [2.75, 3.05) is 0 Å². The van der Waals surface area contributed by atoms with Crippen LogP contribution in [0.15, 0.2) is 0 Å². The number of aliphatic hydroxyl groups excluding tert-OH is 1. The molecular weight excluding hydrogens is 184 g/mol. The van der Waals surface area contributed by atoms with E-state index in [0.29, 0.717) is 0 Å². The third-order valence-electron chi connectivity index (χ3n) is 1.10. The Morgan fingerprint density at radius 2 is 2.00 bits per heavy atom. The third kappa shape index (κ3) is 1.25. The summed E-state index contributed by atoms with van der Waals surface area (Å²) in [7, 11) is -4.26. The lowest BCUT2D eigenvalue weighted by Gasteiger charge is -2.34. The van der Waals surface area contributed by atoms with Gasteiger partial charge in [-0.3, -0.25) is 4.55 Å². The molecule has 60 valence electrons. The van der Waals surface area contributed by atoms with E-state index in [0.717, 1.165) is 0 Å².